The van der Waals surface area contributed by atoms with Crippen LogP contribution in [0.3, 0.4) is 0 Å². The second-order valence-corrected chi connectivity index (χ2v) is 6.87. The molecule has 0 amide bonds. The molecule has 16 heavy (non-hydrogen) atoms. The van der Waals surface area contributed by atoms with Gasteiger partial charge in [0.2, 0.25) is 0 Å². The van der Waals surface area contributed by atoms with Gasteiger partial charge >= 0.3 is 0 Å². The normalized spacial score (nSPS) is 12.9. The Morgan fingerprint density at radius 1 is 1.44 bits per heavy atom. The Morgan fingerprint density at radius 2 is 2.25 bits per heavy atom. The minimum Gasteiger partial charge on any atom is -0.304 e. The van der Waals surface area contributed by atoms with Crippen molar-refractivity contribution in [1.29, 1.82) is 0 Å². The Morgan fingerprint density at radius 3 is 2.81 bits per heavy atom. The summed E-state index contributed by atoms with van der Waals surface area (Å²) in [5.74, 6) is 0. The van der Waals surface area contributed by atoms with E-state index < -0.39 is 0 Å². The number of nitrogens with zero attached hydrogens (tertiary/aromatic N) is 1. The van der Waals surface area contributed by atoms with Gasteiger partial charge in [-0.1, -0.05) is 0 Å². The van der Waals surface area contributed by atoms with E-state index in [0.29, 0.717) is 6.04 Å². The molecule has 86 valence electrons. The lowest BCUT2D eigenvalue weighted by molar-refractivity contribution is 0.572. The van der Waals surface area contributed by atoms with E-state index in [2.05, 4.69) is 50.0 Å². The Hall–Kier alpha value is -0.230. The molecule has 0 aliphatic rings. The predicted octanol–water partition coefficient (Wildman–Crippen LogP) is 4.13. The summed E-state index contributed by atoms with van der Waals surface area (Å²) in [6, 6.07) is 2.47. The highest BCUT2D eigenvalue weighted by Gasteiger charge is 2.08. The van der Waals surface area contributed by atoms with Crippen LogP contribution in [-0.4, -0.2) is 4.98 Å². The van der Waals surface area contributed by atoms with E-state index in [1.165, 1.54) is 9.35 Å². The summed E-state index contributed by atoms with van der Waals surface area (Å²) >= 11 is 6.91. The maximum Gasteiger partial charge on any atom is 0.110 e. The Balaban J connectivity index is 1.91. The maximum atomic E-state index is 4.48. The molecule has 0 saturated carbocycles. The van der Waals surface area contributed by atoms with E-state index in [9.17, 15) is 0 Å². The van der Waals surface area contributed by atoms with Gasteiger partial charge in [-0.2, -0.15) is 0 Å². The SMILES string of the molecule is Cc1csc(C(C)NCc2csc(Br)c2)n1. The molecule has 2 aromatic rings. The minimum atomic E-state index is 0.317. The molecular formula is C11H13BrN2S2. The lowest BCUT2D eigenvalue weighted by Crippen LogP contribution is -2.17. The van der Waals surface area contributed by atoms with Gasteiger partial charge in [-0.15, -0.1) is 22.7 Å². The van der Waals surface area contributed by atoms with E-state index in [1.54, 1.807) is 22.7 Å². The van der Waals surface area contributed by atoms with Crippen molar-refractivity contribution in [1.82, 2.24) is 10.3 Å². The van der Waals surface area contributed by atoms with Crippen LogP contribution >= 0.6 is 38.6 Å². The molecule has 0 aromatic carbocycles. The third-order valence-electron chi connectivity index (χ3n) is 2.24. The van der Waals surface area contributed by atoms with Crippen molar-refractivity contribution in [3.63, 3.8) is 0 Å². The van der Waals surface area contributed by atoms with E-state index in [4.69, 9.17) is 0 Å². The van der Waals surface area contributed by atoms with Gasteiger partial charge < -0.3 is 5.32 Å². The number of halogens is 1. The number of aromatic nitrogens is 1. The zero-order chi connectivity index (χ0) is 11.5. The highest BCUT2D eigenvalue weighted by molar-refractivity contribution is 9.11. The quantitative estimate of drug-likeness (QED) is 0.917. The highest BCUT2D eigenvalue weighted by Crippen LogP contribution is 2.22. The Kier molecular flexibility index (Phi) is 4.13. The van der Waals surface area contributed by atoms with Crippen LogP contribution in [0.4, 0.5) is 0 Å². The number of thiophene rings is 1. The first-order valence-corrected chi connectivity index (χ1v) is 7.58. The van der Waals surface area contributed by atoms with Gasteiger partial charge in [0.25, 0.3) is 0 Å². The van der Waals surface area contributed by atoms with Crippen molar-refractivity contribution < 1.29 is 0 Å². The summed E-state index contributed by atoms with van der Waals surface area (Å²) in [6.45, 7) is 5.07. The monoisotopic (exact) mass is 316 g/mol. The fourth-order valence-corrected chi connectivity index (χ4v) is 3.41. The first-order valence-electron chi connectivity index (χ1n) is 5.03. The molecule has 0 bridgehead atoms. The summed E-state index contributed by atoms with van der Waals surface area (Å²) in [7, 11) is 0. The predicted molar refractivity (Wildman–Crippen MR) is 74.1 cm³/mol. The molecule has 2 rings (SSSR count). The molecule has 0 spiro atoms. The zero-order valence-corrected chi connectivity index (χ0v) is 12.4. The van der Waals surface area contributed by atoms with Crippen molar-refractivity contribution in [2.75, 3.05) is 0 Å². The number of thiazole rings is 1. The lowest BCUT2D eigenvalue weighted by Gasteiger charge is -2.09. The van der Waals surface area contributed by atoms with Crippen molar-refractivity contribution in [3.8, 4) is 0 Å². The van der Waals surface area contributed by atoms with Crippen LogP contribution in [0.2, 0.25) is 0 Å². The highest BCUT2D eigenvalue weighted by atomic mass is 79.9. The molecule has 5 heteroatoms. The van der Waals surface area contributed by atoms with Crippen LogP contribution in [0.25, 0.3) is 0 Å². The van der Waals surface area contributed by atoms with Crippen LogP contribution in [-0.2, 0) is 6.54 Å². The molecule has 2 heterocycles. The smallest absolute Gasteiger partial charge is 0.110 e. The number of hydrogen-bond donors (Lipinski definition) is 1. The third-order valence-corrected chi connectivity index (χ3v) is 4.94. The minimum absolute atomic E-state index is 0.317. The molecule has 2 aromatic heterocycles. The van der Waals surface area contributed by atoms with E-state index >= 15 is 0 Å². The van der Waals surface area contributed by atoms with Gasteiger partial charge in [-0.05, 0) is 46.8 Å². The largest absolute Gasteiger partial charge is 0.304 e. The maximum absolute atomic E-state index is 4.48. The molecule has 0 aliphatic heterocycles. The zero-order valence-electron chi connectivity index (χ0n) is 9.16. The van der Waals surface area contributed by atoms with Gasteiger partial charge in [-0.3, -0.25) is 0 Å². The molecule has 1 N–H and O–H groups in total. The molecule has 0 saturated heterocycles. The fraction of sp³-hybridized carbons (Fsp3) is 0.364. The van der Waals surface area contributed by atoms with Gasteiger partial charge in [0.1, 0.15) is 5.01 Å². The number of aryl methyl sites for hydroxylation is 1. The summed E-state index contributed by atoms with van der Waals surface area (Å²) in [5.41, 5.74) is 2.42. The van der Waals surface area contributed by atoms with Gasteiger partial charge in [0.15, 0.2) is 0 Å². The second kappa shape index (κ2) is 5.40. The average Bonchev–Trinajstić information content (AvgIpc) is 2.84. The summed E-state index contributed by atoms with van der Waals surface area (Å²) in [5, 5.41) is 8.89. The van der Waals surface area contributed by atoms with Crippen molar-refractivity contribution in [3.05, 3.63) is 36.9 Å². The molecule has 0 radical (unpaired) electrons. The number of rotatable bonds is 4. The standard InChI is InChI=1S/C11H13BrN2S2/c1-7-5-16-11(14-7)8(2)13-4-9-3-10(12)15-6-9/h3,5-6,8,13H,4H2,1-2H3. The fourth-order valence-electron chi connectivity index (χ4n) is 1.37. The summed E-state index contributed by atoms with van der Waals surface area (Å²) < 4.78 is 1.18. The molecular weight excluding hydrogens is 304 g/mol. The third kappa shape index (κ3) is 3.13. The van der Waals surface area contributed by atoms with Crippen molar-refractivity contribution >= 4 is 38.6 Å². The van der Waals surface area contributed by atoms with Crippen molar-refractivity contribution in [2.45, 2.75) is 26.4 Å². The first kappa shape index (κ1) is 12.2. The molecule has 2 nitrogen and oxygen atoms in total. The topological polar surface area (TPSA) is 24.9 Å². The lowest BCUT2D eigenvalue weighted by atomic mass is 10.3. The van der Waals surface area contributed by atoms with Crippen LogP contribution in [0.5, 0.6) is 0 Å². The van der Waals surface area contributed by atoms with Crippen LogP contribution in [0.15, 0.2) is 20.6 Å². The second-order valence-electron chi connectivity index (χ2n) is 3.69. The number of nitrogens with one attached hydrogen (secondary N) is 1. The number of hydrogen-bond acceptors (Lipinski definition) is 4. The Labute approximate surface area is 112 Å². The van der Waals surface area contributed by atoms with Crippen molar-refractivity contribution in [2.24, 2.45) is 0 Å². The van der Waals surface area contributed by atoms with E-state index in [0.717, 1.165) is 17.2 Å². The molecule has 0 aliphatic carbocycles. The molecule has 0 fully saturated rings. The molecule has 1 atom stereocenters. The summed E-state index contributed by atoms with van der Waals surface area (Å²) in [4.78, 5) is 4.48. The van der Waals surface area contributed by atoms with E-state index in [-0.39, 0.29) is 0 Å². The average molecular weight is 317 g/mol. The van der Waals surface area contributed by atoms with Gasteiger partial charge in [-0.25, -0.2) is 4.98 Å². The Bertz CT molecular complexity index is 464. The van der Waals surface area contributed by atoms with Crippen LogP contribution in [0, 0.1) is 6.92 Å². The molecule has 1 unspecified atom stereocenters. The van der Waals surface area contributed by atoms with Gasteiger partial charge in [0, 0.05) is 17.6 Å². The van der Waals surface area contributed by atoms with Crippen LogP contribution in [0.1, 0.15) is 29.2 Å². The first-order chi connectivity index (χ1) is 7.65. The van der Waals surface area contributed by atoms with Crippen LogP contribution < -0.4 is 5.32 Å². The van der Waals surface area contributed by atoms with E-state index in [1.807, 2.05) is 6.92 Å². The van der Waals surface area contributed by atoms with Gasteiger partial charge in [0.05, 0.1) is 9.83 Å². The summed E-state index contributed by atoms with van der Waals surface area (Å²) in [6.07, 6.45) is 0.